The van der Waals surface area contributed by atoms with Crippen LogP contribution in [0.15, 0.2) is 24.3 Å². The maximum atomic E-state index is 12.3. The zero-order valence-electron chi connectivity index (χ0n) is 10.5. The third-order valence-corrected chi connectivity index (χ3v) is 3.46. The fourth-order valence-corrected chi connectivity index (χ4v) is 2.51. The number of alkyl halides is 2. The monoisotopic (exact) mass is 255 g/mol. The van der Waals surface area contributed by atoms with E-state index in [0.29, 0.717) is 12.6 Å². The molecule has 0 aromatic heterocycles. The van der Waals surface area contributed by atoms with Crippen LogP contribution in [0.1, 0.15) is 31.7 Å². The van der Waals surface area contributed by atoms with Crippen molar-refractivity contribution in [1.82, 2.24) is 5.32 Å². The predicted molar refractivity (Wildman–Crippen MR) is 66.7 cm³/mol. The van der Waals surface area contributed by atoms with Gasteiger partial charge in [0.1, 0.15) is 5.75 Å². The molecule has 0 spiro atoms. The van der Waals surface area contributed by atoms with E-state index in [4.69, 9.17) is 0 Å². The molecule has 0 radical (unpaired) electrons. The summed E-state index contributed by atoms with van der Waals surface area (Å²) in [5, 5.41) is 3.42. The van der Waals surface area contributed by atoms with Crippen LogP contribution in [0.5, 0.6) is 5.75 Å². The molecule has 1 saturated carbocycles. The molecular formula is C14H19F2NO. The Balaban J connectivity index is 1.92. The summed E-state index contributed by atoms with van der Waals surface area (Å²) in [4.78, 5) is 0. The molecule has 1 aromatic carbocycles. The first-order valence-electron chi connectivity index (χ1n) is 6.41. The van der Waals surface area contributed by atoms with Crippen molar-refractivity contribution in [2.24, 2.45) is 5.92 Å². The van der Waals surface area contributed by atoms with Gasteiger partial charge in [-0.25, -0.2) is 0 Å². The summed E-state index contributed by atoms with van der Waals surface area (Å²) in [6, 6.07) is 7.45. The summed E-state index contributed by atoms with van der Waals surface area (Å²) in [6.07, 6.45) is 3.57. The summed E-state index contributed by atoms with van der Waals surface area (Å²) >= 11 is 0. The van der Waals surface area contributed by atoms with Gasteiger partial charge in [0.15, 0.2) is 0 Å². The van der Waals surface area contributed by atoms with Crippen LogP contribution in [0.4, 0.5) is 8.78 Å². The summed E-state index contributed by atoms with van der Waals surface area (Å²) in [5.41, 5.74) is 0.789. The van der Waals surface area contributed by atoms with Gasteiger partial charge in [-0.3, -0.25) is 0 Å². The minimum absolute atomic E-state index is 0.269. The van der Waals surface area contributed by atoms with Crippen molar-refractivity contribution in [3.8, 4) is 5.75 Å². The fourth-order valence-electron chi connectivity index (χ4n) is 2.51. The van der Waals surface area contributed by atoms with Gasteiger partial charge in [0.2, 0.25) is 0 Å². The number of halogens is 2. The van der Waals surface area contributed by atoms with Gasteiger partial charge in [0.25, 0.3) is 0 Å². The van der Waals surface area contributed by atoms with E-state index in [1.165, 1.54) is 12.8 Å². The Bertz CT molecular complexity index is 384. The SMILES string of the molecule is CC1CCC(NCc2ccccc2OC(F)F)C1. The predicted octanol–water partition coefficient (Wildman–Crippen LogP) is 3.57. The molecule has 0 aliphatic heterocycles. The zero-order chi connectivity index (χ0) is 13.0. The second kappa shape index (κ2) is 6.14. The summed E-state index contributed by atoms with van der Waals surface area (Å²) in [5.74, 6) is 1.03. The van der Waals surface area contributed by atoms with Gasteiger partial charge in [0, 0.05) is 18.2 Å². The Morgan fingerprint density at radius 3 is 2.78 bits per heavy atom. The Morgan fingerprint density at radius 2 is 2.11 bits per heavy atom. The number of rotatable bonds is 5. The third-order valence-electron chi connectivity index (χ3n) is 3.46. The molecule has 1 aromatic rings. The average molecular weight is 255 g/mol. The summed E-state index contributed by atoms with van der Waals surface area (Å²) in [6.45, 7) is 0.0631. The average Bonchev–Trinajstić information content (AvgIpc) is 2.73. The highest BCUT2D eigenvalue weighted by atomic mass is 19.3. The first kappa shape index (κ1) is 13.3. The molecule has 1 aliphatic rings. The maximum absolute atomic E-state index is 12.3. The van der Waals surface area contributed by atoms with E-state index in [1.807, 2.05) is 12.1 Å². The van der Waals surface area contributed by atoms with Gasteiger partial charge in [-0.15, -0.1) is 0 Å². The first-order valence-corrected chi connectivity index (χ1v) is 6.41. The number of nitrogens with one attached hydrogen (secondary N) is 1. The Labute approximate surface area is 106 Å². The van der Waals surface area contributed by atoms with Gasteiger partial charge in [-0.1, -0.05) is 25.1 Å². The Hall–Kier alpha value is -1.16. The van der Waals surface area contributed by atoms with Crippen LogP contribution in [-0.2, 0) is 6.54 Å². The quantitative estimate of drug-likeness (QED) is 0.868. The molecule has 2 atom stereocenters. The van der Waals surface area contributed by atoms with E-state index < -0.39 is 6.61 Å². The van der Waals surface area contributed by atoms with Gasteiger partial charge < -0.3 is 10.1 Å². The van der Waals surface area contributed by atoms with Crippen molar-refractivity contribution < 1.29 is 13.5 Å². The molecule has 1 aliphatic carbocycles. The number of hydrogen-bond donors (Lipinski definition) is 1. The van der Waals surface area contributed by atoms with Crippen LogP contribution in [0.25, 0.3) is 0 Å². The normalized spacial score (nSPS) is 23.6. The minimum Gasteiger partial charge on any atom is -0.434 e. The van der Waals surface area contributed by atoms with Crippen LogP contribution in [-0.4, -0.2) is 12.7 Å². The van der Waals surface area contributed by atoms with Crippen molar-refractivity contribution in [2.75, 3.05) is 0 Å². The highest BCUT2D eigenvalue weighted by molar-refractivity contribution is 5.33. The molecule has 0 heterocycles. The highest BCUT2D eigenvalue weighted by Gasteiger charge is 2.21. The number of benzene rings is 1. The highest BCUT2D eigenvalue weighted by Crippen LogP contribution is 2.26. The van der Waals surface area contributed by atoms with Crippen LogP contribution in [0.3, 0.4) is 0 Å². The minimum atomic E-state index is -2.77. The lowest BCUT2D eigenvalue weighted by Gasteiger charge is -2.15. The Morgan fingerprint density at radius 1 is 1.33 bits per heavy atom. The number of para-hydroxylation sites is 1. The van der Waals surface area contributed by atoms with Gasteiger partial charge in [0.05, 0.1) is 0 Å². The lowest BCUT2D eigenvalue weighted by atomic mass is 10.1. The van der Waals surface area contributed by atoms with Crippen LogP contribution in [0, 0.1) is 5.92 Å². The molecule has 18 heavy (non-hydrogen) atoms. The molecule has 1 fully saturated rings. The van der Waals surface area contributed by atoms with E-state index in [9.17, 15) is 8.78 Å². The first-order chi connectivity index (χ1) is 8.65. The molecular weight excluding hydrogens is 236 g/mol. The molecule has 4 heteroatoms. The van der Waals surface area contributed by atoms with E-state index >= 15 is 0 Å². The summed E-state index contributed by atoms with van der Waals surface area (Å²) in [7, 11) is 0. The van der Waals surface area contributed by atoms with E-state index in [-0.39, 0.29) is 5.75 Å². The standard InChI is InChI=1S/C14H19F2NO/c1-10-6-7-12(8-10)17-9-11-4-2-3-5-13(11)18-14(15)16/h2-5,10,12,14,17H,6-9H2,1H3. The van der Waals surface area contributed by atoms with E-state index in [1.54, 1.807) is 12.1 Å². The molecule has 0 bridgehead atoms. The fraction of sp³-hybridized carbons (Fsp3) is 0.571. The van der Waals surface area contributed by atoms with Crippen molar-refractivity contribution >= 4 is 0 Å². The lowest BCUT2D eigenvalue weighted by Crippen LogP contribution is -2.26. The van der Waals surface area contributed by atoms with Crippen LogP contribution >= 0.6 is 0 Å². The molecule has 2 unspecified atom stereocenters. The largest absolute Gasteiger partial charge is 0.434 e. The van der Waals surface area contributed by atoms with Crippen LogP contribution < -0.4 is 10.1 Å². The van der Waals surface area contributed by atoms with Crippen molar-refractivity contribution in [3.63, 3.8) is 0 Å². The smallest absolute Gasteiger partial charge is 0.387 e. The van der Waals surface area contributed by atoms with Crippen molar-refractivity contribution in [1.29, 1.82) is 0 Å². The van der Waals surface area contributed by atoms with Gasteiger partial charge in [-0.05, 0) is 31.2 Å². The number of ether oxygens (including phenoxy) is 1. The molecule has 2 rings (SSSR count). The van der Waals surface area contributed by atoms with E-state index in [0.717, 1.165) is 17.9 Å². The molecule has 2 nitrogen and oxygen atoms in total. The molecule has 1 N–H and O–H groups in total. The van der Waals surface area contributed by atoms with Crippen molar-refractivity contribution in [2.45, 2.75) is 45.4 Å². The second-order valence-electron chi connectivity index (χ2n) is 4.98. The van der Waals surface area contributed by atoms with Gasteiger partial charge in [-0.2, -0.15) is 8.78 Å². The van der Waals surface area contributed by atoms with Gasteiger partial charge >= 0.3 is 6.61 Å². The summed E-state index contributed by atoms with van der Waals surface area (Å²) < 4.78 is 29.0. The molecule has 0 saturated heterocycles. The third kappa shape index (κ3) is 3.67. The zero-order valence-corrected chi connectivity index (χ0v) is 10.5. The molecule has 100 valence electrons. The Kier molecular flexibility index (Phi) is 4.53. The maximum Gasteiger partial charge on any atom is 0.387 e. The topological polar surface area (TPSA) is 21.3 Å². The molecule has 0 amide bonds. The lowest BCUT2D eigenvalue weighted by molar-refractivity contribution is -0.0505. The van der Waals surface area contributed by atoms with Crippen molar-refractivity contribution in [3.05, 3.63) is 29.8 Å². The van der Waals surface area contributed by atoms with Crippen LogP contribution in [0.2, 0.25) is 0 Å². The number of hydrogen-bond acceptors (Lipinski definition) is 2. The second-order valence-corrected chi connectivity index (χ2v) is 4.98. The van der Waals surface area contributed by atoms with E-state index in [2.05, 4.69) is 17.0 Å².